The van der Waals surface area contributed by atoms with Crippen LogP contribution in [0.1, 0.15) is 34.1 Å². The second-order valence-corrected chi connectivity index (χ2v) is 5.49. The van der Waals surface area contributed by atoms with Gasteiger partial charge in [0.05, 0.1) is 5.54 Å². The van der Waals surface area contributed by atoms with Gasteiger partial charge in [0.1, 0.15) is 0 Å². The topological polar surface area (TPSA) is 61.4 Å². The van der Waals surface area contributed by atoms with Gasteiger partial charge >= 0.3 is 6.09 Å². The Labute approximate surface area is 85.1 Å². The highest BCUT2D eigenvalue weighted by molar-refractivity contribution is 5.65. The Kier molecular flexibility index (Phi) is 2.76. The molecule has 82 valence electrons. The summed E-state index contributed by atoms with van der Waals surface area (Å²) < 4.78 is 0. The molecular formula is C10H20N2O2. The van der Waals surface area contributed by atoms with E-state index < -0.39 is 6.09 Å². The smallest absolute Gasteiger partial charge is 0.405 e. The maximum atomic E-state index is 10.6. The fourth-order valence-corrected chi connectivity index (χ4v) is 1.91. The van der Waals surface area contributed by atoms with Gasteiger partial charge in [-0.05, 0) is 18.8 Å². The quantitative estimate of drug-likeness (QED) is 0.600. The van der Waals surface area contributed by atoms with Crippen LogP contribution in [0.3, 0.4) is 0 Å². The van der Waals surface area contributed by atoms with Gasteiger partial charge in [0.2, 0.25) is 0 Å². The van der Waals surface area contributed by atoms with Gasteiger partial charge in [0.15, 0.2) is 0 Å². The molecule has 0 aliphatic carbocycles. The van der Waals surface area contributed by atoms with E-state index in [9.17, 15) is 4.79 Å². The van der Waals surface area contributed by atoms with Gasteiger partial charge in [0.25, 0.3) is 0 Å². The molecule has 0 saturated carbocycles. The summed E-state index contributed by atoms with van der Waals surface area (Å²) in [6.45, 7) is 9.15. The normalized spacial score (nSPS) is 33.0. The van der Waals surface area contributed by atoms with E-state index in [1.807, 2.05) is 6.92 Å². The number of hydrogen-bond acceptors (Lipinski definition) is 2. The van der Waals surface area contributed by atoms with Crippen molar-refractivity contribution in [2.75, 3.05) is 6.54 Å². The minimum Gasteiger partial charge on any atom is -0.465 e. The van der Waals surface area contributed by atoms with Gasteiger partial charge in [-0.15, -0.1) is 0 Å². The lowest BCUT2D eigenvalue weighted by molar-refractivity contribution is 0.180. The first kappa shape index (κ1) is 11.3. The molecule has 1 saturated heterocycles. The van der Waals surface area contributed by atoms with Crippen LogP contribution >= 0.6 is 0 Å². The first-order chi connectivity index (χ1) is 6.23. The first-order valence-corrected chi connectivity index (χ1v) is 4.97. The minimum absolute atomic E-state index is 0.179. The summed E-state index contributed by atoms with van der Waals surface area (Å²) in [6.07, 6.45) is -0.0909. The SMILES string of the molecule is CC1(NC(=O)O)CNC(C(C)(C)C)C1. The molecule has 1 aliphatic rings. The van der Waals surface area contributed by atoms with E-state index >= 15 is 0 Å². The van der Waals surface area contributed by atoms with E-state index in [0.717, 1.165) is 6.42 Å². The monoisotopic (exact) mass is 200 g/mol. The van der Waals surface area contributed by atoms with Crippen molar-refractivity contribution in [2.24, 2.45) is 5.41 Å². The van der Waals surface area contributed by atoms with Crippen LogP contribution in [-0.4, -0.2) is 29.3 Å². The molecule has 0 spiro atoms. The molecule has 14 heavy (non-hydrogen) atoms. The number of hydrogen-bond donors (Lipinski definition) is 3. The predicted molar refractivity (Wildman–Crippen MR) is 55.4 cm³/mol. The van der Waals surface area contributed by atoms with Crippen LogP contribution in [0.25, 0.3) is 0 Å². The standard InChI is InChI=1S/C10H20N2O2/c1-9(2,3)7-5-10(4,6-11-7)12-8(13)14/h7,11-12H,5-6H2,1-4H3,(H,13,14). The number of nitrogens with one attached hydrogen (secondary N) is 2. The van der Waals surface area contributed by atoms with Crippen LogP contribution in [-0.2, 0) is 0 Å². The molecule has 4 heteroatoms. The number of carbonyl (C=O) groups is 1. The van der Waals surface area contributed by atoms with Crippen molar-refractivity contribution >= 4 is 6.09 Å². The van der Waals surface area contributed by atoms with Crippen LogP contribution in [0.15, 0.2) is 0 Å². The van der Waals surface area contributed by atoms with Gasteiger partial charge in [-0.1, -0.05) is 20.8 Å². The number of carboxylic acid groups (broad SMARTS) is 1. The van der Waals surface area contributed by atoms with E-state index in [1.54, 1.807) is 0 Å². The van der Waals surface area contributed by atoms with Crippen LogP contribution in [0.4, 0.5) is 4.79 Å². The van der Waals surface area contributed by atoms with Crippen molar-refractivity contribution in [1.82, 2.24) is 10.6 Å². The highest BCUT2D eigenvalue weighted by Crippen LogP contribution is 2.30. The summed E-state index contributed by atoms with van der Waals surface area (Å²) in [6, 6.07) is 0.374. The highest BCUT2D eigenvalue weighted by Gasteiger charge is 2.40. The zero-order valence-electron chi connectivity index (χ0n) is 9.35. The van der Waals surface area contributed by atoms with Gasteiger partial charge in [0, 0.05) is 12.6 Å². The molecule has 0 radical (unpaired) electrons. The summed E-state index contributed by atoms with van der Waals surface area (Å²) >= 11 is 0. The van der Waals surface area contributed by atoms with E-state index in [2.05, 4.69) is 31.4 Å². The second-order valence-electron chi connectivity index (χ2n) is 5.49. The Hall–Kier alpha value is -0.770. The lowest BCUT2D eigenvalue weighted by Crippen LogP contribution is -2.46. The summed E-state index contributed by atoms with van der Waals surface area (Å²) in [5.74, 6) is 0. The molecule has 0 aromatic carbocycles. The third-order valence-electron chi connectivity index (χ3n) is 2.85. The molecule has 1 rings (SSSR count). The average molecular weight is 200 g/mol. The lowest BCUT2D eigenvalue weighted by Gasteiger charge is -2.29. The predicted octanol–water partition coefficient (Wildman–Crippen LogP) is 1.42. The van der Waals surface area contributed by atoms with Gasteiger partial charge in [-0.3, -0.25) is 0 Å². The zero-order chi connectivity index (χ0) is 11.0. The fourth-order valence-electron chi connectivity index (χ4n) is 1.91. The molecule has 0 bridgehead atoms. The van der Waals surface area contributed by atoms with Crippen LogP contribution in [0.2, 0.25) is 0 Å². The molecule has 2 atom stereocenters. The Morgan fingerprint density at radius 1 is 1.57 bits per heavy atom. The first-order valence-electron chi connectivity index (χ1n) is 4.97. The largest absolute Gasteiger partial charge is 0.465 e. The highest BCUT2D eigenvalue weighted by atomic mass is 16.4. The third kappa shape index (κ3) is 2.61. The Morgan fingerprint density at radius 3 is 2.50 bits per heavy atom. The molecule has 1 aliphatic heterocycles. The Balaban J connectivity index is 2.59. The van der Waals surface area contributed by atoms with Crippen molar-refractivity contribution in [2.45, 2.75) is 45.7 Å². The number of amides is 1. The molecular weight excluding hydrogens is 180 g/mol. The summed E-state index contributed by atoms with van der Waals surface area (Å²) in [4.78, 5) is 10.6. The van der Waals surface area contributed by atoms with Crippen molar-refractivity contribution in [3.05, 3.63) is 0 Å². The van der Waals surface area contributed by atoms with Crippen LogP contribution in [0.5, 0.6) is 0 Å². The van der Waals surface area contributed by atoms with E-state index in [-0.39, 0.29) is 11.0 Å². The molecule has 0 aromatic heterocycles. The molecule has 1 heterocycles. The summed E-state index contributed by atoms with van der Waals surface area (Å²) in [5.41, 5.74) is -0.137. The molecule has 0 aromatic rings. The third-order valence-corrected chi connectivity index (χ3v) is 2.85. The second kappa shape index (κ2) is 3.42. The van der Waals surface area contributed by atoms with Gasteiger partial charge in [-0.2, -0.15) is 0 Å². The van der Waals surface area contributed by atoms with Crippen molar-refractivity contribution in [3.8, 4) is 0 Å². The Bertz CT molecular complexity index is 235. The molecule has 3 N–H and O–H groups in total. The van der Waals surface area contributed by atoms with Gasteiger partial charge in [-0.25, -0.2) is 4.79 Å². The maximum absolute atomic E-state index is 10.6. The maximum Gasteiger partial charge on any atom is 0.405 e. The fraction of sp³-hybridized carbons (Fsp3) is 0.900. The van der Waals surface area contributed by atoms with E-state index in [0.29, 0.717) is 12.6 Å². The minimum atomic E-state index is -0.941. The molecule has 1 fully saturated rings. The van der Waals surface area contributed by atoms with Crippen LogP contribution < -0.4 is 10.6 Å². The lowest BCUT2D eigenvalue weighted by atomic mass is 9.83. The van der Waals surface area contributed by atoms with Gasteiger partial charge < -0.3 is 15.7 Å². The molecule has 1 amide bonds. The Morgan fingerprint density at radius 2 is 2.14 bits per heavy atom. The van der Waals surface area contributed by atoms with E-state index in [1.165, 1.54) is 0 Å². The molecule has 4 nitrogen and oxygen atoms in total. The zero-order valence-corrected chi connectivity index (χ0v) is 9.35. The summed E-state index contributed by atoms with van der Waals surface area (Å²) in [7, 11) is 0. The van der Waals surface area contributed by atoms with Crippen molar-refractivity contribution in [1.29, 1.82) is 0 Å². The summed E-state index contributed by atoms with van der Waals surface area (Å²) in [5, 5.41) is 14.6. The van der Waals surface area contributed by atoms with Crippen molar-refractivity contribution in [3.63, 3.8) is 0 Å². The number of rotatable bonds is 1. The molecule has 2 unspecified atom stereocenters. The van der Waals surface area contributed by atoms with E-state index in [4.69, 9.17) is 5.11 Å². The van der Waals surface area contributed by atoms with Crippen molar-refractivity contribution < 1.29 is 9.90 Å². The average Bonchev–Trinajstić information content (AvgIpc) is 2.28. The van der Waals surface area contributed by atoms with Crippen LogP contribution in [0, 0.1) is 5.41 Å².